The van der Waals surface area contributed by atoms with Crippen molar-refractivity contribution in [3.8, 4) is 5.75 Å². The van der Waals surface area contributed by atoms with Gasteiger partial charge in [0.05, 0.1) is 13.2 Å². The van der Waals surface area contributed by atoms with Gasteiger partial charge in [-0.2, -0.15) is 0 Å². The number of aliphatic imine (C=N–C) groups is 1. The van der Waals surface area contributed by atoms with Gasteiger partial charge in [-0.05, 0) is 37.8 Å². The van der Waals surface area contributed by atoms with E-state index in [0.29, 0.717) is 6.54 Å². The molecule has 2 aromatic rings. The van der Waals surface area contributed by atoms with Crippen LogP contribution in [0.15, 0.2) is 47.7 Å². The molecule has 2 aliphatic rings. The van der Waals surface area contributed by atoms with E-state index in [-0.39, 0.29) is 0 Å². The molecule has 0 spiro atoms. The Morgan fingerprint density at radius 2 is 1.84 bits per heavy atom. The molecule has 1 aliphatic heterocycles. The predicted octanol–water partition coefficient (Wildman–Crippen LogP) is 2.14. The maximum atomic E-state index is 6.02. The third-order valence-corrected chi connectivity index (χ3v) is 5.82. The van der Waals surface area contributed by atoms with Crippen LogP contribution in [-0.4, -0.2) is 73.2 Å². The molecule has 1 saturated carbocycles. The Bertz CT molecular complexity index is 848. The molecule has 0 unspecified atom stereocenters. The molecular formula is C24H35N7O. The van der Waals surface area contributed by atoms with E-state index >= 15 is 0 Å². The number of rotatable bonds is 10. The van der Waals surface area contributed by atoms with Gasteiger partial charge in [-0.15, -0.1) is 0 Å². The molecule has 0 radical (unpaired) electrons. The van der Waals surface area contributed by atoms with Crippen molar-refractivity contribution in [1.29, 1.82) is 0 Å². The first-order chi connectivity index (χ1) is 15.8. The van der Waals surface area contributed by atoms with E-state index < -0.39 is 0 Å². The van der Waals surface area contributed by atoms with Crippen molar-refractivity contribution >= 4 is 11.9 Å². The largest absolute Gasteiger partial charge is 0.493 e. The Balaban J connectivity index is 1.22. The van der Waals surface area contributed by atoms with Gasteiger partial charge in [0, 0.05) is 63.8 Å². The zero-order valence-corrected chi connectivity index (χ0v) is 19.0. The van der Waals surface area contributed by atoms with E-state index in [1.165, 1.54) is 12.8 Å². The number of nitrogens with one attached hydrogen (secondary N) is 2. The maximum Gasteiger partial charge on any atom is 0.225 e. The normalized spacial score (nSPS) is 17.3. The lowest BCUT2D eigenvalue weighted by atomic mass is 10.2. The second-order valence-electron chi connectivity index (χ2n) is 8.36. The fourth-order valence-corrected chi connectivity index (χ4v) is 3.73. The molecule has 2 fully saturated rings. The quantitative estimate of drug-likeness (QED) is 0.436. The van der Waals surface area contributed by atoms with E-state index in [0.717, 1.165) is 81.6 Å². The number of nitrogens with zero attached hydrogens (tertiary/aromatic N) is 5. The highest BCUT2D eigenvalue weighted by atomic mass is 16.5. The minimum absolute atomic E-state index is 0.603. The molecule has 1 saturated heterocycles. The molecule has 1 aliphatic carbocycles. The number of anilines is 1. The molecule has 8 heteroatoms. The average molecular weight is 438 g/mol. The summed E-state index contributed by atoms with van der Waals surface area (Å²) in [5, 5.41) is 6.83. The third-order valence-electron chi connectivity index (χ3n) is 5.82. The second kappa shape index (κ2) is 11.7. The lowest BCUT2D eigenvalue weighted by molar-refractivity contribution is 0.260. The molecule has 1 aromatic carbocycles. The fourth-order valence-electron chi connectivity index (χ4n) is 3.73. The molecule has 0 bridgehead atoms. The number of guanidine groups is 1. The molecule has 4 rings (SSSR count). The number of aromatic nitrogens is 2. The molecule has 2 N–H and O–H groups in total. The average Bonchev–Trinajstić information content (AvgIpc) is 3.67. The maximum absolute atomic E-state index is 6.02. The van der Waals surface area contributed by atoms with Gasteiger partial charge in [-0.3, -0.25) is 4.90 Å². The van der Waals surface area contributed by atoms with Crippen molar-refractivity contribution in [2.75, 3.05) is 57.3 Å². The molecular weight excluding hydrogens is 402 g/mol. The Morgan fingerprint density at radius 3 is 2.59 bits per heavy atom. The van der Waals surface area contributed by atoms with Gasteiger partial charge < -0.3 is 20.3 Å². The van der Waals surface area contributed by atoms with Gasteiger partial charge in [0.15, 0.2) is 5.96 Å². The molecule has 2 heterocycles. The van der Waals surface area contributed by atoms with E-state index in [1.807, 2.05) is 18.2 Å². The first-order valence-electron chi connectivity index (χ1n) is 11.8. The minimum Gasteiger partial charge on any atom is -0.493 e. The summed E-state index contributed by atoms with van der Waals surface area (Å²) in [4.78, 5) is 18.2. The smallest absolute Gasteiger partial charge is 0.225 e. The first kappa shape index (κ1) is 22.3. The number of hydrogen-bond donors (Lipinski definition) is 2. The van der Waals surface area contributed by atoms with Gasteiger partial charge in [-0.1, -0.05) is 18.2 Å². The Labute approximate surface area is 191 Å². The number of ether oxygens (including phenoxy) is 1. The van der Waals surface area contributed by atoms with Gasteiger partial charge in [-0.25, -0.2) is 15.0 Å². The summed E-state index contributed by atoms with van der Waals surface area (Å²) in [6.45, 7) is 10.1. The van der Waals surface area contributed by atoms with Crippen molar-refractivity contribution in [2.24, 2.45) is 10.9 Å². The number of para-hydroxylation sites is 1. The van der Waals surface area contributed by atoms with E-state index in [2.05, 4.69) is 49.5 Å². The highest BCUT2D eigenvalue weighted by Crippen LogP contribution is 2.30. The SMILES string of the molecule is CCNC(=NCc1ccccc1OCC1CC1)NCCN1CCN(c2ncccn2)CC1. The van der Waals surface area contributed by atoms with Crippen LogP contribution in [0.3, 0.4) is 0 Å². The summed E-state index contributed by atoms with van der Waals surface area (Å²) in [6.07, 6.45) is 6.20. The van der Waals surface area contributed by atoms with E-state index in [4.69, 9.17) is 9.73 Å². The van der Waals surface area contributed by atoms with Crippen LogP contribution >= 0.6 is 0 Å². The van der Waals surface area contributed by atoms with Crippen LogP contribution in [0.5, 0.6) is 5.75 Å². The van der Waals surface area contributed by atoms with Crippen LogP contribution in [0, 0.1) is 5.92 Å². The molecule has 0 atom stereocenters. The topological polar surface area (TPSA) is 77.9 Å². The van der Waals surface area contributed by atoms with Crippen LogP contribution in [0.25, 0.3) is 0 Å². The van der Waals surface area contributed by atoms with Crippen LogP contribution in [-0.2, 0) is 6.54 Å². The van der Waals surface area contributed by atoms with Crippen molar-refractivity contribution in [1.82, 2.24) is 25.5 Å². The molecule has 0 amide bonds. The summed E-state index contributed by atoms with van der Waals surface area (Å²) < 4.78 is 6.02. The molecule has 32 heavy (non-hydrogen) atoms. The third kappa shape index (κ3) is 6.82. The summed E-state index contributed by atoms with van der Waals surface area (Å²) in [6, 6.07) is 10.1. The van der Waals surface area contributed by atoms with Crippen molar-refractivity contribution in [2.45, 2.75) is 26.3 Å². The minimum atomic E-state index is 0.603. The second-order valence-corrected chi connectivity index (χ2v) is 8.36. The van der Waals surface area contributed by atoms with Gasteiger partial charge in [0.2, 0.25) is 5.95 Å². The summed E-state index contributed by atoms with van der Waals surface area (Å²) >= 11 is 0. The van der Waals surface area contributed by atoms with E-state index in [9.17, 15) is 0 Å². The molecule has 172 valence electrons. The summed E-state index contributed by atoms with van der Waals surface area (Å²) in [5.74, 6) is 3.38. The zero-order valence-electron chi connectivity index (χ0n) is 19.0. The van der Waals surface area contributed by atoms with Crippen LogP contribution in [0.1, 0.15) is 25.3 Å². The summed E-state index contributed by atoms with van der Waals surface area (Å²) in [7, 11) is 0. The highest BCUT2D eigenvalue weighted by molar-refractivity contribution is 5.79. The lowest BCUT2D eigenvalue weighted by Crippen LogP contribution is -2.49. The van der Waals surface area contributed by atoms with Crippen LogP contribution < -0.4 is 20.3 Å². The number of piperazine rings is 1. The van der Waals surface area contributed by atoms with Gasteiger partial charge in [0.1, 0.15) is 5.75 Å². The van der Waals surface area contributed by atoms with Crippen LogP contribution in [0.2, 0.25) is 0 Å². The highest BCUT2D eigenvalue weighted by Gasteiger charge is 2.22. The Morgan fingerprint density at radius 1 is 1.06 bits per heavy atom. The Kier molecular flexibility index (Phi) is 8.14. The summed E-state index contributed by atoms with van der Waals surface area (Å²) in [5.41, 5.74) is 1.13. The molecule has 1 aromatic heterocycles. The predicted molar refractivity (Wildman–Crippen MR) is 128 cm³/mol. The van der Waals surface area contributed by atoms with E-state index in [1.54, 1.807) is 12.4 Å². The first-order valence-corrected chi connectivity index (χ1v) is 11.8. The van der Waals surface area contributed by atoms with Crippen LogP contribution in [0.4, 0.5) is 5.95 Å². The fraction of sp³-hybridized carbons (Fsp3) is 0.542. The molecule has 8 nitrogen and oxygen atoms in total. The number of benzene rings is 1. The van der Waals surface area contributed by atoms with Crippen molar-refractivity contribution in [3.63, 3.8) is 0 Å². The lowest BCUT2D eigenvalue weighted by Gasteiger charge is -2.34. The van der Waals surface area contributed by atoms with Crippen molar-refractivity contribution < 1.29 is 4.74 Å². The van der Waals surface area contributed by atoms with Crippen molar-refractivity contribution in [3.05, 3.63) is 48.3 Å². The zero-order chi connectivity index (χ0) is 22.0. The van der Waals surface area contributed by atoms with Gasteiger partial charge >= 0.3 is 0 Å². The monoisotopic (exact) mass is 437 g/mol. The van der Waals surface area contributed by atoms with Gasteiger partial charge in [0.25, 0.3) is 0 Å². The standard InChI is InChI=1S/C24H35N7O/c1-2-25-23(29-18-21-6-3-4-7-22(21)32-19-20-8-9-20)26-12-13-30-14-16-31(17-15-30)24-27-10-5-11-28-24/h3-7,10-11,20H,2,8-9,12-19H2,1H3,(H2,25,26,29). The number of hydrogen-bond acceptors (Lipinski definition) is 6. The Hall–Kier alpha value is -2.87.